The smallest absolute Gasteiger partial charge is 0.296 e. The average Bonchev–Trinajstić information content (AvgIpc) is 3.21. The number of methoxy groups -OCH3 is 1. The highest BCUT2D eigenvalue weighted by atomic mass is 32.2. The molecule has 2 aliphatic heterocycles. The van der Waals surface area contributed by atoms with Gasteiger partial charge in [-0.15, -0.1) is 0 Å². The van der Waals surface area contributed by atoms with Crippen molar-refractivity contribution in [2.75, 3.05) is 50.2 Å². The number of anilines is 2. The molecule has 1 atom stereocenters. The van der Waals surface area contributed by atoms with E-state index in [1.54, 1.807) is 6.21 Å². The molecule has 200 valence electrons. The second-order valence-corrected chi connectivity index (χ2v) is 9.51. The molecule has 2 heterocycles. The summed E-state index contributed by atoms with van der Waals surface area (Å²) in [5.41, 5.74) is 1.62. The Morgan fingerprint density at radius 3 is 2.66 bits per heavy atom. The minimum atomic E-state index is -0.765. The summed E-state index contributed by atoms with van der Waals surface area (Å²) in [6.45, 7) is 5.36. The van der Waals surface area contributed by atoms with Crippen molar-refractivity contribution in [2.24, 2.45) is 10.1 Å². The molecule has 2 amide bonds. The zero-order valence-corrected chi connectivity index (χ0v) is 21.8. The maximum absolute atomic E-state index is 13.1. The number of benzene rings is 2. The van der Waals surface area contributed by atoms with Gasteiger partial charge in [-0.25, -0.2) is 0 Å². The highest BCUT2D eigenvalue weighted by Crippen LogP contribution is 2.32. The number of carbonyl (C=O) groups excluding carboxylic acids is 2. The lowest BCUT2D eigenvalue weighted by molar-refractivity contribution is -0.384. The average molecular weight is 541 g/mol. The molecule has 2 aromatic carbocycles. The maximum atomic E-state index is 13.1. The zero-order valence-electron chi connectivity index (χ0n) is 21.0. The van der Waals surface area contributed by atoms with Gasteiger partial charge in [0, 0.05) is 31.7 Å². The molecule has 1 unspecified atom stereocenters. The normalized spacial score (nSPS) is 18.8. The molecule has 2 aromatic rings. The summed E-state index contributed by atoms with van der Waals surface area (Å²) in [5, 5.41) is 19.1. The number of hydrogen-bond donors (Lipinski definition) is 1. The molecule has 2 saturated heterocycles. The molecule has 0 aliphatic carbocycles. The van der Waals surface area contributed by atoms with Crippen LogP contribution >= 0.6 is 11.8 Å². The lowest BCUT2D eigenvalue weighted by Crippen LogP contribution is -2.36. The van der Waals surface area contributed by atoms with Crippen LogP contribution in [0.25, 0.3) is 0 Å². The summed E-state index contributed by atoms with van der Waals surface area (Å²) in [4.78, 5) is 43.2. The Labute approximate surface area is 223 Å². The van der Waals surface area contributed by atoms with E-state index in [1.807, 2.05) is 31.2 Å². The van der Waals surface area contributed by atoms with Crippen molar-refractivity contribution in [1.82, 2.24) is 5.01 Å². The van der Waals surface area contributed by atoms with Gasteiger partial charge in [-0.2, -0.15) is 10.1 Å². The van der Waals surface area contributed by atoms with E-state index in [1.165, 1.54) is 30.3 Å². The predicted molar refractivity (Wildman–Crippen MR) is 146 cm³/mol. The minimum Gasteiger partial charge on any atom is -0.496 e. The Morgan fingerprint density at radius 1 is 1.26 bits per heavy atom. The molecule has 13 heteroatoms. The number of amidine groups is 1. The van der Waals surface area contributed by atoms with Crippen LogP contribution in [0.5, 0.6) is 5.75 Å². The molecule has 38 heavy (non-hydrogen) atoms. The third kappa shape index (κ3) is 6.47. The highest BCUT2D eigenvalue weighted by Gasteiger charge is 2.39. The van der Waals surface area contributed by atoms with Crippen molar-refractivity contribution in [3.63, 3.8) is 0 Å². The SMILES string of the molecule is CCN=C1SC(CC(=O)Nc2ccc(OC)cc2[N+](=O)[O-])C(=O)N1N=Cc1ccc(N2CCOCC2)cc1. The van der Waals surface area contributed by atoms with Crippen molar-refractivity contribution in [1.29, 1.82) is 0 Å². The second-order valence-electron chi connectivity index (χ2n) is 8.34. The zero-order chi connectivity index (χ0) is 27.1. The lowest BCUT2D eigenvalue weighted by Gasteiger charge is -2.28. The molecule has 0 spiro atoms. The lowest BCUT2D eigenvalue weighted by atomic mass is 10.2. The van der Waals surface area contributed by atoms with Gasteiger partial charge in [-0.3, -0.25) is 24.7 Å². The van der Waals surface area contributed by atoms with Gasteiger partial charge in [-0.1, -0.05) is 23.9 Å². The fourth-order valence-electron chi connectivity index (χ4n) is 3.91. The number of aliphatic imine (C=N–C) groups is 1. The molecule has 0 radical (unpaired) electrons. The van der Waals surface area contributed by atoms with E-state index in [2.05, 4.69) is 20.3 Å². The number of nitrogens with one attached hydrogen (secondary N) is 1. The van der Waals surface area contributed by atoms with Gasteiger partial charge in [0.2, 0.25) is 5.91 Å². The van der Waals surface area contributed by atoms with Crippen LogP contribution in [0.3, 0.4) is 0 Å². The number of rotatable bonds is 9. The Kier molecular flexibility index (Phi) is 8.92. The number of ether oxygens (including phenoxy) is 2. The number of nitro groups is 1. The molecule has 1 N–H and O–H groups in total. The van der Waals surface area contributed by atoms with E-state index in [-0.39, 0.29) is 23.7 Å². The Hall–Kier alpha value is -3.97. The molecular weight excluding hydrogens is 512 g/mol. The molecule has 0 aromatic heterocycles. The first kappa shape index (κ1) is 27.1. The first-order valence-electron chi connectivity index (χ1n) is 12.0. The Balaban J connectivity index is 1.42. The van der Waals surface area contributed by atoms with Crippen LogP contribution in [-0.4, -0.2) is 78.3 Å². The minimum absolute atomic E-state index is 0.0223. The van der Waals surface area contributed by atoms with Gasteiger partial charge in [-0.05, 0) is 36.8 Å². The molecule has 0 saturated carbocycles. The number of nitro benzene ring substituents is 1. The van der Waals surface area contributed by atoms with Crippen LogP contribution in [0.2, 0.25) is 0 Å². The van der Waals surface area contributed by atoms with Gasteiger partial charge in [0.05, 0.1) is 37.5 Å². The van der Waals surface area contributed by atoms with Crippen molar-refractivity contribution in [3.8, 4) is 5.75 Å². The molecule has 2 fully saturated rings. The van der Waals surface area contributed by atoms with Crippen LogP contribution in [0, 0.1) is 10.1 Å². The van der Waals surface area contributed by atoms with Crippen LogP contribution < -0.4 is 15.0 Å². The molecule has 4 rings (SSSR count). The third-order valence-corrected chi connectivity index (χ3v) is 7.01. The Morgan fingerprint density at radius 2 is 2.00 bits per heavy atom. The van der Waals surface area contributed by atoms with Crippen LogP contribution in [0.1, 0.15) is 18.9 Å². The topological polar surface area (TPSA) is 139 Å². The first-order chi connectivity index (χ1) is 18.4. The van der Waals surface area contributed by atoms with Crippen molar-refractivity contribution < 1.29 is 24.0 Å². The van der Waals surface area contributed by atoms with E-state index in [0.717, 1.165) is 36.1 Å². The number of amides is 2. The van der Waals surface area contributed by atoms with E-state index in [9.17, 15) is 19.7 Å². The summed E-state index contributed by atoms with van der Waals surface area (Å²) >= 11 is 1.14. The van der Waals surface area contributed by atoms with E-state index in [4.69, 9.17) is 9.47 Å². The number of hydrogen-bond acceptors (Lipinski definition) is 10. The van der Waals surface area contributed by atoms with E-state index < -0.39 is 16.1 Å². The van der Waals surface area contributed by atoms with Crippen molar-refractivity contribution in [2.45, 2.75) is 18.6 Å². The summed E-state index contributed by atoms with van der Waals surface area (Å²) < 4.78 is 10.4. The fourth-order valence-corrected chi connectivity index (χ4v) is 5.05. The van der Waals surface area contributed by atoms with E-state index >= 15 is 0 Å². The summed E-state index contributed by atoms with van der Waals surface area (Å²) in [7, 11) is 1.39. The first-order valence-corrected chi connectivity index (χ1v) is 12.9. The van der Waals surface area contributed by atoms with Gasteiger partial charge >= 0.3 is 0 Å². The number of nitrogens with zero attached hydrogens (tertiary/aromatic N) is 5. The molecule has 2 aliphatic rings. The van der Waals surface area contributed by atoms with Crippen LogP contribution in [0.15, 0.2) is 52.6 Å². The second kappa shape index (κ2) is 12.5. The van der Waals surface area contributed by atoms with Gasteiger partial charge in [0.15, 0.2) is 5.17 Å². The standard InChI is InChI=1S/C25H28N6O6S/c1-3-26-25-30(27-16-17-4-6-18(7-5-17)29-10-12-37-13-11-29)24(33)22(38-25)15-23(32)28-20-9-8-19(36-2)14-21(20)31(34)35/h4-9,14,16,22H,3,10-13,15H2,1-2H3,(H,28,32). The molecular formula is C25H28N6O6S. The summed E-state index contributed by atoms with van der Waals surface area (Å²) in [5.74, 6) is -0.631. The predicted octanol–water partition coefficient (Wildman–Crippen LogP) is 3.12. The Bertz CT molecular complexity index is 1250. The van der Waals surface area contributed by atoms with Crippen LogP contribution in [-0.2, 0) is 14.3 Å². The number of hydrazone groups is 1. The largest absolute Gasteiger partial charge is 0.496 e. The van der Waals surface area contributed by atoms with Gasteiger partial charge in [0.25, 0.3) is 11.6 Å². The van der Waals surface area contributed by atoms with E-state index in [0.29, 0.717) is 30.7 Å². The number of carbonyl (C=O) groups is 2. The number of morpholine rings is 1. The van der Waals surface area contributed by atoms with Crippen molar-refractivity contribution >= 4 is 52.0 Å². The molecule has 12 nitrogen and oxygen atoms in total. The fraction of sp³-hybridized carbons (Fsp3) is 0.360. The van der Waals surface area contributed by atoms with Crippen molar-refractivity contribution in [3.05, 3.63) is 58.1 Å². The van der Waals surface area contributed by atoms with Crippen LogP contribution in [0.4, 0.5) is 17.1 Å². The molecule has 0 bridgehead atoms. The quantitative estimate of drug-likeness (QED) is 0.291. The summed E-state index contributed by atoms with van der Waals surface area (Å²) in [6, 6.07) is 12.0. The summed E-state index contributed by atoms with van der Waals surface area (Å²) in [6.07, 6.45) is 1.38. The third-order valence-electron chi connectivity index (χ3n) is 5.84. The van der Waals surface area contributed by atoms with Gasteiger partial charge in [0.1, 0.15) is 16.7 Å². The maximum Gasteiger partial charge on any atom is 0.296 e. The highest BCUT2D eigenvalue weighted by molar-refractivity contribution is 8.15. The monoisotopic (exact) mass is 540 g/mol. The van der Waals surface area contributed by atoms with Gasteiger partial charge < -0.3 is 19.7 Å². The number of thioether (sulfide) groups is 1.